The molecule has 0 aliphatic heterocycles. The van der Waals surface area contributed by atoms with Gasteiger partial charge in [-0.2, -0.15) is 0 Å². The first kappa shape index (κ1) is 16.5. The number of benzene rings is 1. The van der Waals surface area contributed by atoms with Crippen molar-refractivity contribution >= 4 is 12.4 Å². The summed E-state index contributed by atoms with van der Waals surface area (Å²) in [5, 5.41) is 0. The van der Waals surface area contributed by atoms with Gasteiger partial charge in [-0.05, 0) is 25.5 Å². The van der Waals surface area contributed by atoms with Gasteiger partial charge >= 0.3 is 58.4 Å². The average Bonchev–Trinajstić information content (AvgIpc) is 2.17. The van der Waals surface area contributed by atoms with Crippen LogP contribution in [0.5, 0.6) is 5.75 Å². The Morgan fingerprint density at radius 3 is 2.06 bits per heavy atom. The van der Waals surface area contributed by atoms with Crippen molar-refractivity contribution in [3.05, 3.63) is 24.3 Å². The van der Waals surface area contributed by atoms with Gasteiger partial charge in [0.2, 0.25) is 0 Å². The van der Waals surface area contributed by atoms with E-state index in [1.54, 1.807) is 0 Å². The van der Waals surface area contributed by atoms with Crippen molar-refractivity contribution in [3.8, 4) is 5.75 Å². The van der Waals surface area contributed by atoms with Crippen LogP contribution in [0.2, 0.25) is 0 Å². The monoisotopic (exact) mass is 256 g/mol. The van der Waals surface area contributed by atoms with Gasteiger partial charge in [-0.1, -0.05) is 19.1 Å². The Bertz CT molecular complexity index is 313. The van der Waals surface area contributed by atoms with Gasteiger partial charge in [0.1, 0.15) is 5.75 Å². The Labute approximate surface area is 136 Å². The van der Waals surface area contributed by atoms with Crippen molar-refractivity contribution in [2.24, 2.45) is 0 Å². The van der Waals surface area contributed by atoms with Gasteiger partial charge in [0.15, 0.2) is 0 Å². The fourth-order valence-corrected chi connectivity index (χ4v) is 1.08. The van der Waals surface area contributed by atoms with Crippen LogP contribution in [0, 0.1) is 0 Å². The minimum Gasteiger partial charge on any atom is -0.491 e. The molecule has 1 aromatic carbocycles. The molecule has 1 unspecified atom stereocenters. The first-order valence-electron chi connectivity index (χ1n) is 4.90. The molecule has 0 heterocycles. The Hall–Kier alpha value is 0.511. The van der Waals surface area contributed by atoms with Gasteiger partial charge in [-0.15, -0.1) is 5.46 Å². The minimum atomic E-state index is -4.90. The third-order valence-corrected chi connectivity index (χ3v) is 2.17. The molecule has 0 amide bonds. The maximum atomic E-state index is 12.3. The Morgan fingerprint density at radius 2 is 1.69 bits per heavy atom. The molecule has 16 heavy (non-hydrogen) atoms. The SMILES string of the molecule is CCC(C)Oc1ccc([B-](F)(F)F)cc1.[K+]. The Morgan fingerprint density at radius 1 is 1.19 bits per heavy atom. The van der Waals surface area contributed by atoms with Crippen LogP contribution in [0.3, 0.4) is 0 Å². The molecule has 84 valence electrons. The van der Waals surface area contributed by atoms with Crippen molar-refractivity contribution in [2.45, 2.75) is 26.4 Å². The number of hydrogen-bond acceptors (Lipinski definition) is 1. The maximum Gasteiger partial charge on any atom is 1.00 e. The fraction of sp³-hybridized carbons (Fsp3) is 0.400. The molecule has 6 heteroatoms. The van der Waals surface area contributed by atoms with E-state index in [0.29, 0.717) is 5.75 Å². The molecule has 1 atom stereocenters. The largest absolute Gasteiger partial charge is 1.00 e. The summed E-state index contributed by atoms with van der Waals surface area (Å²) >= 11 is 0. The van der Waals surface area contributed by atoms with Gasteiger partial charge in [-0.3, -0.25) is 0 Å². The van der Waals surface area contributed by atoms with E-state index in [1.807, 2.05) is 13.8 Å². The quantitative estimate of drug-likeness (QED) is 0.685. The molecule has 0 spiro atoms. The van der Waals surface area contributed by atoms with E-state index in [2.05, 4.69) is 0 Å². The van der Waals surface area contributed by atoms with E-state index in [0.717, 1.165) is 18.6 Å². The standard InChI is InChI=1S/C10H13BF3O.K/c1-3-8(2)15-10-6-4-9(5-7-10)11(12,13)14;/h4-8H,3H2,1-2H3;/q-1;+1. The summed E-state index contributed by atoms with van der Waals surface area (Å²) in [6.45, 7) is -1.07. The molecule has 0 aliphatic carbocycles. The number of rotatable bonds is 4. The Balaban J connectivity index is 0.00000225. The molecule has 0 saturated heterocycles. The van der Waals surface area contributed by atoms with Crippen molar-refractivity contribution in [1.82, 2.24) is 0 Å². The second-order valence-corrected chi connectivity index (χ2v) is 3.48. The zero-order valence-electron chi connectivity index (χ0n) is 9.71. The van der Waals surface area contributed by atoms with Crippen LogP contribution >= 0.6 is 0 Å². The van der Waals surface area contributed by atoms with E-state index in [-0.39, 0.29) is 57.5 Å². The number of halogens is 3. The molecule has 1 nitrogen and oxygen atoms in total. The topological polar surface area (TPSA) is 9.23 Å². The van der Waals surface area contributed by atoms with Crippen molar-refractivity contribution in [2.75, 3.05) is 0 Å². The molecule has 1 rings (SSSR count). The van der Waals surface area contributed by atoms with E-state index < -0.39 is 12.4 Å². The summed E-state index contributed by atoms with van der Waals surface area (Å²) in [7, 11) is 0. The van der Waals surface area contributed by atoms with Gasteiger partial charge in [-0.25, -0.2) is 0 Å². The van der Waals surface area contributed by atoms with Crippen molar-refractivity contribution < 1.29 is 69.1 Å². The number of hydrogen-bond donors (Lipinski definition) is 0. The summed E-state index contributed by atoms with van der Waals surface area (Å²) in [5.74, 6) is 0.480. The molecular weight excluding hydrogens is 243 g/mol. The summed E-state index contributed by atoms with van der Waals surface area (Å²) in [6, 6.07) is 4.82. The molecule has 0 aliphatic rings. The first-order chi connectivity index (χ1) is 6.93. The average molecular weight is 256 g/mol. The zero-order valence-corrected chi connectivity index (χ0v) is 12.8. The van der Waals surface area contributed by atoms with Gasteiger partial charge < -0.3 is 17.7 Å². The molecule has 0 radical (unpaired) electrons. The van der Waals surface area contributed by atoms with Crippen LogP contribution in [-0.2, 0) is 0 Å². The normalized spacial score (nSPS) is 12.8. The predicted octanol–water partition coefficient (Wildman–Crippen LogP) is -0.0777. The van der Waals surface area contributed by atoms with Gasteiger partial charge in [0.05, 0.1) is 6.10 Å². The third-order valence-electron chi connectivity index (χ3n) is 2.17. The molecule has 1 aromatic rings. The van der Waals surface area contributed by atoms with Crippen LogP contribution in [0.4, 0.5) is 12.9 Å². The van der Waals surface area contributed by atoms with E-state index in [1.165, 1.54) is 12.1 Å². The smallest absolute Gasteiger partial charge is 0.491 e. The fourth-order valence-electron chi connectivity index (χ4n) is 1.08. The van der Waals surface area contributed by atoms with E-state index in [9.17, 15) is 12.9 Å². The van der Waals surface area contributed by atoms with Crippen LogP contribution in [-0.4, -0.2) is 13.1 Å². The van der Waals surface area contributed by atoms with Crippen LogP contribution in [0.15, 0.2) is 24.3 Å². The molecule has 0 aromatic heterocycles. The molecular formula is C10H13BF3KO. The second kappa shape index (κ2) is 7.06. The number of ether oxygens (including phenoxy) is 1. The maximum absolute atomic E-state index is 12.3. The minimum absolute atomic E-state index is 0. The summed E-state index contributed by atoms with van der Waals surface area (Å²) in [5.41, 5.74) is -0.591. The molecule has 0 saturated carbocycles. The zero-order chi connectivity index (χ0) is 11.5. The predicted molar refractivity (Wildman–Crippen MR) is 55.5 cm³/mol. The summed E-state index contributed by atoms with van der Waals surface area (Å²) in [6.07, 6.45) is 0.845. The van der Waals surface area contributed by atoms with E-state index in [4.69, 9.17) is 4.74 Å². The Kier molecular flexibility index (Phi) is 7.28. The third kappa shape index (κ3) is 5.23. The first-order valence-corrected chi connectivity index (χ1v) is 4.90. The van der Waals surface area contributed by atoms with Crippen molar-refractivity contribution in [1.29, 1.82) is 0 Å². The van der Waals surface area contributed by atoms with Gasteiger partial charge in [0.25, 0.3) is 0 Å². The van der Waals surface area contributed by atoms with Crippen LogP contribution in [0.1, 0.15) is 20.3 Å². The van der Waals surface area contributed by atoms with Crippen LogP contribution in [0.25, 0.3) is 0 Å². The van der Waals surface area contributed by atoms with E-state index >= 15 is 0 Å². The van der Waals surface area contributed by atoms with Gasteiger partial charge in [0, 0.05) is 0 Å². The van der Waals surface area contributed by atoms with Crippen molar-refractivity contribution in [3.63, 3.8) is 0 Å². The molecule has 0 fully saturated rings. The molecule has 0 N–H and O–H groups in total. The molecule has 0 bridgehead atoms. The second-order valence-electron chi connectivity index (χ2n) is 3.48. The summed E-state index contributed by atoms with van der Waals surface area (Å²) < 4.78 is 42.2. The van der Waals surface area contributed by atoms with Crippen LogP contribution < -0.4 is 61.6 Å². The summed E-state index contributed by atoms with van der Waals surface area (Å²) in [4.78, 5) is 0.